The zero-order chi connectivity index (χ0) is 13.5. The summed E-state index contributed by atoms with van der Waals surface area (Å²) in [5.74, 6) is 1.52. The molecule has 1 aliphatic heterocycles. The average molecular weight is 252 g/mol. The van der Waals surface area contributed by atoms with Crippen LogP contribution in [0.25, 0.3) is 0 Å². The molecule has 2 unspecified atom stereocenters. The molecule has 2 atom stereocenters. The minimum absolute atomic E-state index is 0.165. The fourth-order valence-corrected chi connectivity index (χ4v) is 3.31. The van der Waals surface area contributed by atoms with Gasteiger partial charge >= 0.3 is 0 Å². The van der Waals surface area contributed by atoms with Gasteiger partial charge in [-0.05, 0) is 37.5 Å². The van der Waals surface area contributed by atoms with Crippen molar-refractivity contribution in [2.75, 3.05) is 0 Å². The van der Waals surface area contributed by atoms with E-state index in [2.05, 4.69) is 44.8 Å². The molecule has 2 fully saturated rings. The summed E-state index contributed by atoms with van der Waals surface area (Å²) < 4.78 is 0. The predicted molar refractivity (Wildman–Crippen MR) is 74.1 cm³/mol. The second-order valence-corrected chi connectivity index (χ2v) is 6.80. The third kappa shape index (κ3) is 2.29. The number of carbonyl (C=O) groups is 1. The van der Waals surface area contributed by atoms with Crippen LogP contribution in [0.3, 0.4) is 0 Å². The Balaban J connectivity index is 2.19. The van der Waals surface area contributed by atoms with Crippen molar-refractivity contribution in [2.45, 2.75) is 78.0 Å². The Morgan fingerprint density at radius 2 is 1.94 bits per heavy atom. The Labute approximate surface area is 111 Å². The molecule has 1 aliphatic carbocycles. The summed E-state index contributed by atoms with van der Waals surface area (Å²) >= 11 is 0. The lowest BCUT2D eigenvalue weighted by Gasteiger charge is -2.35. The van der Waals surface area contributed by atoms with E-state index in [4.69, 9.17) is 0 Å². The van der Waals surface area contributed by atoms with E-state index in [1.54, 1.807) is 0 Å². The Kier molecular flexibility index (Phi) is 3.72. The molecular formula is C15H28N2O. The fourth-order valence-electron chi connectivity index (χ4n) is 3.31. The van der Waals surface area contributed by atoms with Crippen molar-refractivity contribution in [3.63, 3.8) is 0 Å². The van der Waals surface area contributed by atoms with Gasteiger partial charge in [0.15, 0.2) is 0 Å². The molecule has 3 heteroatoms. The first kappa shape index (κ1) is 13.9. The molecule has 0 radical (unpaired) electrons. The van der Waals surface area contributed by atoms with E-state index in [0.29, 0.717) is 23.8 Å². The number of rotatable bonds is 5. The van der Waals surface area contributed by atoms with Gasteiger partial charge in [-0.1, -0.05) is 34.6 Å². The van der Waals surface area contributed by atoms with E-state index in [-0.39, 0.29) is 11.7 Å². The van der Waals surface area contributed by atoms with Gasteiger partial charge in [0.2, 0.25) is 5.91 Å². The maximum atomic E-state index is 12.6. The van der Waals surface area contributed by atoms with Crippen LogP contribution in [0.4, 0.5) is 0 Å². The summed E-state index contributed by atoms with van der Waals surface area (Å²) in [7, 11) is 0. The lowest BCUT2D eigenvalue weighted by molar-refractivity contribution is -0.134. The van der Waals surface area contributed by atoms with Crippen LogP contribution in [0.15, 0.2) is 0 Å². The van der Waals surface area contributed by atoms with Crippen molar-refractivity contribution in [3.05, 3.63) is 0 Å². The first-order valence-electron chi connectivity index (χ1n) is 7.51. The monoisotopic (exact) mass is 252 g/mol. The topological polar surface area (TPSA) is 32.3 Å². The maximum Gasteiger partial charge on any atom is 0.244 e. The smallest absolute Gasteiger partial charge is 0.244 e. The van der Waals surface area contributed by atoms with E-state index in [1.165, 1.54) is 0 Å². The van der Waals surface area contributed by atoms with Crippen LogP contribution >= 0.6 is 0 Å². The molecule has 1 N–H and O–H groups in total. The normalized spacial score (nSPS) is 27.6. The Morgan fingerprint density at radius 3 is 2.33 bits per heavy atom. The minimum atomic E-state index is -0.165. The van der Waals surface area contributed by atoms with E-state index >= 15 is 0 Å². The van der Waals surface area contributed by atoms with Crippen LogP contribution in [0, 0.1) is 11.8 Å². The summed E-state index contributed by atoms with van der Waals surface area (Å²) in [5, 5.41) is 3.62. The molecule has 1 heterocycles. The highest BCUT2D eigenvalue weighted by molar-refractivity contribution is 5.92. The number of carbonyl (C=O) groups excluding carboxylic acids is 1. The molecule has 18 heavy (non-hydrogen) atoms. The summed E-state index contributed by atoms with van der Waals surface area (Å²) in [5.41, 5.74) is -0.165. The average Bonchev–Trinajstić information content (AvgIpc) is 2.98. The number of hydrogen-bond acceptors (Lipinski definition) is 2. The van der Waals surface area contributed by atoms with Crippen molar-refractivity contribution in [1.29, 1.82) is 0 Å². The van der Waals surface area contributed by atoms with Gasteiger partial charge in [-0.25, -0.2) is 0 Å². The van der Waals surface area contributed by atoms with Gasteiger partial charge in [-0.15, -0.1) is 0 Å². The van der Waals surface area contributed by atoms with Crippen LogP contribution in [0.2, 0.25) is 0 Å². The van der Waals surface area contributed by atoms with Crippen LogP contribution < -0.4 is 5.32 Å². The zero-order valence-electron chi connectivity index (χ0n) is 12.5. The third-order valence-electron chi connectivity index (χ3n) is 4.41. The van der Waals surface area contributed by atoms with Gasteiger partial charge in [0.05, 0.1) is 11.7 Å². The first-order chi connectivity index (χ1) is 8.41. The molecule has 1 amide bonds. The van der Waals surface area contributed by atoms with E-state index in [0.717, 1.165) is 25.7 Å². The predicted octanol–water partition coefficient (Wildman–Crippen LogP) is 2.76. The Hall–Kier alpha value is -0.570. The molecule has 1 spiro atoms. The SMILES string of the molecule is CCC(C(C)C)N1C(=O)C2(CC2)NC1CC(C)C. The molecule has 2 aliphatic rings. The van der Waals surface area contributed by atoms with E-state index in [1.807, 2.05) is 0 Å². The van der Waals surface area contributed by atoms with Gasteiger partial charge < -0.3 is 4.90 Å². The molecule has 1 saturated heterocycles. The first-order valence-corrected chi connectivity index (χ1v) is 7.51. The second kappa shape index (κ2) is 4.84. The fraction of sp³-hybridized carbons (Fsp3) is 0.933. The van der Waals surface area contributed by atoms with Gasteiger partial charge in [0.25, 0.3) is 0 Å². The van der Waals surface area contributed by atoms with E-state index in [9.17, 15) is 4.79 Å². The molecular weight excluding hydrogens is 224 g/mol. The Morgan fingerprint density at radius 1 is 1.33 bits per heavy atom. The molecule has 0 bridgehead atoms. The summed E-state index contributed by atoms with van der Waals surface area (Å²) in [6, 6.07) is 0.383. The molecule has 104 valence electrons. The Bertz CT molecular complexity index is 320. The lowest BCUT2D eigenvalue weighted by atomic mass is 9.98. The van der Waals surface area contributed by atoms with Crippen LogP contribution in [-0.4, -0.2) is 28.6 Å². The summed E-state index contributed by atoms with van der Waals surface area (Å²) in [6.45, 7) is 11.1. The highest BCUT2D eigenvalue weighted by Crippen LogP contribution is 2.44. The van der Waals surface area contributed by atoms with Gasteiger partial charge in [0.1, 0.15) is 0 Å². The van der Waals surface area contributed by atoms with Crippen molar-refractivity contribution >= 4 is 5.91 Å². The lowest BCUT2D eigenvalue weighted by Crippen LogP contribution is -2.47. The second-order valence-electron chi connectivity index (χ2n) is 6.80. The molecule has 3 nitrogen and oxygen atoms in total. The number of nitrogens with zero attached hydrogens (tertiary/aromatic N) is 1. The van der Waals surface area contributed by atoms with Crippen molar-refractivity contribution in [3.8, 4) is 0 Å². The summed E-state index contributed by atoms with van der Waals surface area (Å²) in [4.78, 5) is 14.8. The molecule has 0 aromatic carbocycles. The maximum absolute atomic E-state index is 12.6. The van der Waals surface area contributed by atoms with Gasteiger partial charge in [-0.2, -0.15) is 0 Å². The van der Waals surface area contributed by atoms with E-state index < -0.39 is 0 Å². The highest BCUT2D eigenvalue weighted by atomic mass is 16.2. The van der Waals surface area contributed by atoms with Gasteiger partial charge in [-0.3, -0.25) is 10.1 Å². The summed E-state index contributed by atoms with van der Waals surface area (Å²) in [6.07, 6.45) is 4.44. The molecule has 1 saturated carbocycles. The quantitative estimate of drug-likeness (QED) is 0.816. The van der Waals surface area contributed by atoms with Crippen LogP contribution in [-0.2, 0) is 4.79 Å². The zero-order valence-corrected chi connectivity index (χ0v) is 12.5. The molecule has 0 aromatic heterocycles. The van der Waals surface area contributed by atoms with Crippen molar-refractivity contribution in [2.24, 2.45) is 11.8 Å². The van der Waals surface area contributed by atoms with Gasteiger partial charge in [0, 0.05) is 6.04 Å². The standard InChI is InChI=1S/C15H28N2O/c1-6-12(11(4)5)17-13(9-10(2)3)16-15(7-8-15)14(17)18/h10-13,16H,6-9H2,1-5H3. The van der Waals surface area contributed by atoms with Crippen LogP contribution in [0.1, 0.15) is 60.3 Å². The number of amides is 1. The third-order valence-corrected chi connectivity index (χ3v) is 4.41. The van der Waals surface area contributed by atoms with Crippen LogP contribution in [0.5, 0.6) is 0 Å². The number of nitrogens with one attached hydrogen (secondary N) is 1. The van der Waals surface area contributed by atoms with Crippen molar-refractivity contribution < 1.29 is 4.79 Å². The van der Waals surface area contributed by atoms with Crippen molar-refractivity contribution in [1.82, 2.24) is 10.2 Å². The molecule has 2 rings (SSSR count). The largest absolute Gasteiger partial charge is 0.322 e. The highest BCUT2D eigenvalue weighted by Gasteiger charge is 2.60. The number of hydrogen-bond donors (Lipinski definition) is 1. The molecule has 0 aromatic rings. The minimum Gasteiger partial charge on any atom is -0.322 e.